The van der Waals surface area contributed by atoms with Crippen LogP contribution in [0.1, 0.15) is 28.3 Å². The monoisotopic (exact) mass is 480 g/mol. The molecule has 0 aliphatic carbocycles. The van der Waals surface area contributed by atoms with Crippen molar-refractivity contribution in [3.8, 4) is 11.3 Å². The van der Waals surface area contributed by atoms with E-state index in [1.807, 2.05) is 61.5 Å². The van der Waals surface area contributed by atoms with Crippen LogP contribution in [0.3, 0.4) is 0 Å². The molecule has 0 saturated carbocycles. The van der Waals surface area contributed by atoms with Gasteiger partial charge in [0.1, 0.15) is 11.5 Å². The van der Waals surface area contributed by atoms with Gasteiger partial charge in [-0.2, -0.15) is 0 Å². The molecular formula is C24H21BrN2O2S. The number of nitrogens with one attached hydrogen (secondary N) is 1. The standard InChI is InChI=1S/C24H21BrN2O2S/c1-16-22(15-17-6-5-9-19(25)14-17)30-24(26-16)27-23(28)13-11-20-10-12-21(29-20)18-7-3-2-4-8-18/h2-10,12,14H,11,13,15H2,1H3,(H,26,27,28). The first-order valence-corrected chi connectivity index (χ1v) is 11.3. The van der Waals surface area contributed by atoms with E-state index in [9.17, 15) is 4.79 Å². The summed E-state index contributed by atoms with van der Waals surface area (Å²) in [6.45, 7) is 1.98. The number of carbonyl (C=O) groups excluding carboxylic acids is 1. The van der Waals surface area contributed by atoms with E-state index in [0.717, 1.165) is 38.5 Å². The molecule has 0 atom stereocenters. The van der Waals surface area contributed by atoms with E-state index in [2.05, 4.69) is 38.4 Å². The second-order valence-corrected chi connectivity index (χ2v) is 9.01. The van der Waals surface area contributed by atoms with Crippen molar-refractivity contribution in [1.29, 1.82) is 0 Å². The molecule has 30 heavy (non-hydrogen) atoms. The highest BCUT2D eigenvalue weighted by atomic mass is 79.9. The van der Waals surface area contributed by atoms with Crippen LogP contribution in [0.25, 0.3) is 11.3 Å². The summed E-state index contributed by atoms with van der Waals surface area (Å²) >= 11 is 5.04. The highest BCUT2D eigenvalue weighted by Gasteiger charge is 2.12. The van der Waals surface area contributed by atoms with Crippen LogP contribution in [0.5, 0.6) is 0 Å². The Labute approximate surface area is 188 Å². The first-order chi connectivity index (χ1) is 14.6. The minimum atomic E-state index is -0.0598. The van der Waals surface area contributed by atoms with Gasteiger partial charge in [-0.1, -0.05) is 58.4 Å². The molecule has 0 radical (unpaired) electrons. The van der Waals surface area contributed by atoms with Gasteiger partial charge in [-0.3, -0.25) is 4.79 Å². The molecule has 4 rings (SSSR count). The van der Waals surface area contributed by atoms with Gasteiger partial charge in [0.05, 0.1) is 5.69 Å². The summed E-state index contributed by atoms with van der Waals surface area (Å²) in [5, 5.41) is 3.57. The SMILES string of the molecule is Cc1nc(NC(=O)CCc2ccc(-c3ccccc3)o2)sc1Cc1cccc(Br)c1. The first kappa shape index (κ1) is 20.6. The molecule has 0 aliphatic heterocycles. The zero-order chi connectivity index (χ0) is 20.9. The number of halogens is 1. The number of hydrogen-bond donors (Lipinski definition) is 1. The summed E-state index contributed by atoms with van der Waals surface area (Å²) in [5.41, 5.74) is 3.19. The van der Waals surface area contributed by atoms with E-state index in [0.29, 0.717) is 18.0 Å². The van der Waals surface area contributed by atoms with Gasteiger partial charge in [0.2, 0.25) is 5.91 Å². The number of carbonyl (C=O) groups is 1. The van der Waals surface area contributed by atoms with Gasteiger partial charge >= 0.3 is 0 Å². The van der Waals surface area contributed by atoms with Gasteiger partial charge in [-0.15, -0.1) is 11.3 Å². The van der Waals surface area contributed by atoms with Crippen LogP contribution < -0.4 is 5.32 Å². The van der Waals surface area contributed by atoms with E-state index in [4.69, 9.17) is 4.42 Å². The molecule has 0 saturated heterocycles. The van der Waals surface area contributed by atoms with Crippen LogP contribution in [-0.2, 0) is 17.6 Å². The molecule has 152 valence electrons. The Morgan fingerprint density at radius 1 is 1.10 bits per heavy atom. The molecule has 0 bridgehead atoms. The largest absolute Gasteiger partial charge is 0.461 e. The quantitative estimate of drug-likeness (QED) is 0.322. The van der Waals surface area contributed by atoms with Gasteiger partial charge < -0.3 is 9.73 Å². The molecule has 4 aromatic rings. The second kappa shape index (κ2) is 9.41. The summed E-state index contributed by atoms with van der Waals surface area (Å²) in [6.07, 6.45) is 1.70. The summed E-state index contributed by atoms with van der Waals surface area (Å²) in [6, 6.07) is 22.0. The molecule has 6 heteroatoms. The Morgan fingerprint density at radius 2 is 1.93 bits per heavy atom. The number of hydrogen-bond acceptors (Lipinski definition) is 4. The Balaban J connectivity index is 1.33. The lowest BCUT2D eigenvalue weighted by Gasteiger charge is -2.01. The summed E-state index contributed by atoms with van der Waals surface area (Å²) in [7, 11) is 0. The third-order valence-electron chi connectivity index (χ3n) is 4.71. The minimum absolute atomic E-state index is 0.0598. The van der Waals surface area contributed by atoms with Gasteiger partial charge in [0, 0.05) is 34.2 Å². The number of rotatable bonds is 7. The fourth-order valence-corrected chi connectivity index (χ4v) is 4.63. The van der Waals surface area contributed by atoms with E-state index in [1.54, 1.807) is 0 Å². The van der Waals surface area contributed by atoms with Crippen molar-refractivity contribution in [3.05, 3.63) is 93.1 Å². The summed E-state index contributed by atoms with van der Waals surface area (Å²) in [5.74, 6) is 1.56. The number of furan rings is 1. The maximum Gasteiger partial charge on any atom is 0.226 e. The highest BCUT2D eigenvalue weighted by Crippen LogP contribution is 2.27. The molecule has 2 aromatic carbocycles. The minimum Gasteiger partial charge on any atom is -0.461 e. The Bertz CT molecular complexity index is 1150. The molecule has 0 unspecified atom stereocenters. The topological polar surface area (TPSA) is 55.1 Å². The van der Waals surface area contributed by atoms with Crippen molar-refractivity contribution < 1.29 is 9.21 Å². The van der Waals surface area contributed by atoms with Crippen LogP contribution in [-0.4, -0.2) is 10.9 Å². The molecule has 0 aliphatic rings. The van der Waals surface area contributed by atoms with Crippen LogP contribution in [0.15, 0.2) is 75.6 Å². The Morgan fingerprint density at radius 3 is 2.73 bits per heavy atom. The average Bonchev–Trinajstić information content (AvgIpc) is 3.34. The zero-order valence-electron chi connectivity index (χ0n) is 16.5. The van der Waals surface area contributed by atoms with Gasteiger partial charge in [0.15, 0.2) is 5.13 Å². The second-order valence-electron chi connectivity index (χ2n) is 7.01. The highest BCUT2D eigenvalue weighted by molar-refractivity contribution is 9.10. The lowest BCUT2D eigenvalue weighted by atomic mass is 10.1. The maximum atomic E-state index is 12.4. The smallest absolute Gasteiger partial charge is 0.226 e. The van der Waals surface area contributed by atoms with E-state index < -0.39 is 0 Å². The van der Waals surface area contributed by atoms with Gasteiger partial charge in [-0.05, 0) is 36.8 Å². The number of amides is 1. The first-order valence-electron chi connectivity index (χ1n) is 9.71. The van der Waals surface area contributed by atoms with E-state index in [1.165, 1.54) is 16.9 Å². The van der Waals surface area contributed by atoms with E-state index in [-0.39, 0.29) is 5.91 Å². The lowest BCUT2D eigenvalue weighted by molar-refractivity contribution is -0.116. The van der Waals surface area contributed by atoms with Crippen LogP contribution in [0.2, 0.25) is 0 Å². The number of anilines is 1. The normalized spacial score (nSPS) is 10.9. The van der Waals surface area contributed by atoms with Gasteiger partial charge in [-0.25, -0.2) is 4.98 Å². The number of thiazole rings is 1. The van der Waals surface area contributed by atoms with Crippen molar-refractivity contribution in [2.75, 3.05) is 5.32 Å². The number of nitrogens with zero attached hydrogens (tertiary/aromatic N) is 1. The third-order valence-corrected chi connectivity index (χ3v) is 6.28. The fourth-order valence-electron chi connectivity index (χ4n) is 3.17. The number of benzene rings is 2. The van der Waals surface area contributed by atoms with Crippen LogP contribution in [0.4, 0.5) is 5.13 Å². The summed E-state index contributed by atoms with van der Waals surface area (Å²) in [4.78, 5) is 18.1. The summed E-state index contributed by atoms with van der Waals surface area (Å²) < 4.78 is 6.93. The third kappa shape index (κ3) is 5.26. The predicted octanol–water partition coefficient (Wildman–Crippen LogP) is 6.64. The number of aryl methyl sites for hydroxylation is 2. The van der Waals surface area contributed by atoms with Gasteiger partial charge in [0.25, 0.3) is 0 Å². The Kier molecular flexibility index (Phi) is 6.45. The lowest BCUT2D eigenvalue weighted by Crippen LogP contribution is -2.11. The molecule has 4 nitrogen and oxygen atoms in total. The molecule has 0 fully saturated rings. The molecule has 2 heterocycles. The molecular weight excluding hydrogens is 460 g/mol. The van der Waals surface area contributed by atoms with Crippen molar-refractivity contribution in [1.82, 2.24) is 4.98 Å². The number of aromatic nitrogens is 1. The molecule has 2 aromatic heterocycles. The zero-order valence-corrected chi connectivity index (χ0v) is 18.9. The van der Waals surface area contributed by atoms with E-state index >= 15 is 0 Å². The Hall–Kier alpha value is -2.70. The molecule has 1 N–H and O–H groups in total. The predicted molar refractivity (Wildman–Crippen MR) is 125 cm³/mol. The van der Waals surface area contributed by atoms with Crippen LogP contribution >= 0.6 is 27.3 Å². The van der Waals surface area contributed by atoms with Crippen molar-refractivity contribution in [2.45, 2.75) is 26.2 Å². The molecule has 0 spiro atoms. The van der Waals surface area contributed by atoms with Crippen molar-refractivity contribution in [2.24, 2.45) is 0 Å². The molecule has 1 amide bonds. The van der Waals surface area contributed by atoms with Crippen molar-refractivity contribution >= 4 is 38.3 Å². The van der Waals surface area contributed by atoms with Crippen molar-refractivity contribution in [3.63, 3.8) is 0 Å². The average molecular weight is 481 g/mol. The van der Waals surface area contributed by atoms with Crippen LogP contribution in [0, 0.1) is 6.92 Å². The maximum absolute atomic E-state index is 12.4. The fraction of sp³-hybridized carbons (Fsp3) is 0.167.